The first-order valence-corrected chi connectivity index (χ1v) is 27.2. The van der Waals surface area contributed by atoms with Crippen LogP contribution in [0.1, 0.15) is 124 Å². The Hall–Kier alpha value is -6.71. The molecule has 0 bridgehead atoms. The Morgan fingerprint density at radius 1 is 0.605 bits per heavy atom. The number of nitrogens with two attached hydrogens (primary N) is 5. The Kier molecular flexibility index (Phi) is 32.9. The highest BCUT2D eigenvalue weighted by Gasteiger charge is 2.36. The number of nitrogens with zero attached hydrogens (tertiary/aromatic N) is 3. The average Bonchev–Trinajstić information content (AvgIpc) is 3.86. The number of carbonyl (C=O) groups is 9. The van der Waals surface area contributed by atoms with Gasteiger partial charge >= 0.3 is 5.97 Å². The standard InChI is InChI=1S/C48H87N17O10S/c1-8-9-14-32(42(70)65-38(28(4)5)45(73)64-36(23-27(2)3)43(71)62-35(46(74)75)17-13-21-56-48(52)53)59-40(68)33(16-12-20-55-47(50)51)60-44(72)37(24-30-25-54-26-57-30)63-41(69)34(18-22-76-7)61-39(67)31(58-29(6)66)15-10-11-19-49/h25-28,31-38H,8-24,49H2,1-7H3,(H,54,57)(H,58,66)(H,59,68)(H,60,72)(H,61,67)(H,62,71)(H,63,69)(H,64,73)(H,65,70)(H,74,75)(H4,50,51,55)(H4,52,53,56)/t31-,32-,33-,34?,35-,36-,37-,38-/m0/s1. The van der Waals surface area contributed by atoms with Gasteiger partial charge in [0.2, 0.25) is 47.3 Å². The summed E-state index contributed by atoms with van der Waals surface area (Å²) in [5, 5.41) is 31.4. The van der Waals surface area contributed by atoms with E-state index >= 15 is 0 Å². The maximum absolute atomic E-state index is 14.4. The van der Waals surface area contributed by atoms with Crippen LogP contribution in [0.4, 0.5) is 0 Å². The van der Waals surface area contributed by atoms with Crippen molar-refractivity contribution in [2.75, 3.05) is 31.6 Å². The SMILES string of the molecule is CCCC[C@H](NC(=O)[C@H](CCCN=C(N)N)NC(=O)[C@H](Cc1cnc[nH]1)NC(=O)C(CCSC)NC(=O)[C@H](CCCCN)NC(C)=O)C(=O)N[C@H](C(=O)N[C@@H](CC(C)C)C(=O)N[C@@H](CCCN=C(N)N)C(=O)O)C(C)C. The summed E-state index contributed by atoms with van der Waals surface area (Å²) in [6, 6.07) is -9.74. The Balaban J connectivity index is 3.54. The lowest BCUT2D eigenvalue weighted by Crippen LogP contribution is -2.61. The van der Waals surface area contributed by atoms with Crippen molar-refractivity contribution in [1.29, 1.82) is 0 Å². The van der Waals surface area contributed by atoms with E-state index in [4.69, 9.17) is 28.7 Å². The fraction of sp³-hybridized carbons (Fsp3) is 0.708. The number of carbonyl (C=O) groups excluding carboxylic acids is 8. The minimum atomic E-state index is -1.35. The normalized spacial score (nSPS) is 14.2. The fourth-order valence-corrected chi connectivity index (χ4v) is 8.13. The van der Waals surface area contributed by atoms with Gasteiger partial charge in [0.15, 0.2) is 11.9 Å². The minimum Gasteiger partial charge on any atom is -0.480 e. The van der Waals surface area contributed by atoms with Crippen LogP contribution in [0.5, 0.6) is 0 Å². The van der Waals surface area contributed by atoms with Crippen LogP contribution < -0.4 is 71.2 Å². The maximum atomic E-state index is 14.4. The van der Waals surface area contributed by atoms with E-state index in [0.717, 1.165) is 0 Å². The van der Waals surface area contributed by atoms with Gasteiger partial charge in [-0.05, 0) is 94.6 Å². The summed E-state index contributed by atoms with van der Waals surface area (Å²) in [4.78, 5) is 137. The third-order valence-corrected chi connectivity index (χ3v) is 12.3. The van der Waals surface area contributed by atoms with Crippen LogP contribution in [0.3, 0.4) is 0 Å². The summed E-state index contributed by atoms with van der Waals surface area (Å²) in [5.74, 6) is -7.45. The molecular formula is C48H87N17O10S. The first-order chi connectivity index (χ1) is 35.9. The number of hydrogen-bond donors (Lipinski definition) is 15. The van der Waals surface area contributed by atoms with Crippen LogP contribution in [-0.2, 0) is 49.6 Å². The lowest BCUT2D eigenvalue weighted by atomic mass is 9.98. The van der Waals surface area contributed by atoms with Gasteiger partial charge in [0.1, 0.15) is 48.3 Å². The number of guanidine groups is 2. The van der Waals surface area contributed by atoms with E-state index in [0.29, 0.717) is 43.7 Å². The second-order valence-electron chi connectivity index (χ2n) is 19.2. The molecule has 0 radical (unpaired) electrons. The van der Waals surface area contributed by atoms with Crippen molar-refractivity contribution in [3.8, 4) is 0 Å². The predicted octanol–water partition coefficient (Wildman–Crippen LogP) is -2.18. The van der Waals surface area contributed by atoms with E-state index < -0.39 is 107 Å². The second-order valence-corrected chi connectivity index (χ2v) is 20.2. The number of carboxylic acid groups (broad SMARTS) is 1. The molecule has 27 nitrogen and oxygen atoms in total. The van der Waals surface area contributed by atoms with Crippen molar-refractivity contribution >= 4 is 76.9 Å². The summed E-state index contributed by atoms with van der Waals surface area (Å²) in [6.45, 7) is 10.7. The van der Waals surface area contributed by atoms with Gasteiger partial charge in [-0.25, -0.2) is 9.78 Å². The first kappa shape index (κ1) is 67.3. The van der Waals surface area contributed by atoms with Crippen molar-refractivity contribution in [1.82, 2.24) is 52.5 Å². The quantitative estimate of drug-likeness (QED) is 0.0189. The molecule has 0 aromatic carbocycles. The number of imidazole rings is 1. The molecule has 76 heavy (non-hydrogen) atoms. The van der Waals surface area contributed by atoms with E-state index in [2.05, 4.69) is 62.5 Å². The van der Waals surface area contributed by atoms with Crippen LogP contribution in [0.2, 0.25) is 0 Å². The zero-order chi connectivity index (χ0) is 57.3. The van der Waals surface area contributed by atoms with Crippen LogP contribution in [-0.4, -0.2) is 160 Å². The van der Waals surface area contributed by atoms with E-state index in [1.54, 1.807) is 13.8 Å². The molecule has 20 N–H and O–H groups in total. The van der Waals surface area contributed by atoms with Crippen molar-refractivity contribution in [3.63, 3.8) is 0 Å². The monoisotopic (exact) mass is 1090 g/mol. The molecule has 0 saturated heterocycles. The van der Waals surface area contributed by atoms with Crippen LogP contribution >= 0.6 is 11.8 Å². The molecule has 430 valence electrons. The lowest BCUT2D eigenvalue weighted by molar-refractivity contribution is -0.142. The fourth-order valence-electron chi connectivity index (χ4n) is 7.66. The molecule has 1 heterocycles. The molecule has 28 heteroatoms. The van der Waals surface area contributed by atoms with Gasteiger partial charge in [-0.1, -0.05) is 47.5 Å². The van der Waals surface area contributed by atoms with Crippen molar-refractivity contribution in [2.45, 2.75) is 173 Å². The number of aromatic nitrogens is 2. The summed E-state index contributed by atoms with van der Waals surface area (Å²) in [7, 11) is 0. The van der Waals surface area contributed by atoms with Crippen LogP contribution in [0, 0.1) is 11.8 Å². The smallest absolute Gasteiger partial charge is 0.326 e. The number of rotatable bonds is 39. The van der Waals surface area contributed by atoms with E-state index in [-0.39, 0.29) is 88.7 Å². The summed E-state index contributed by atoms with van der Waals surface area (Å²) < 4.78 is 0. The maximum Gasteiger partial charge on any atom is 0.326 e. The molecule has 0 aliphatic rings. The number of aromatic amines is 1. The average molecular weight is 1090 g/mol. The summed E-state index contributed by atoms with van der Waals surface area (Å²) in [6.07, 6.45) is 7.79. The highest BCUT2D eigenvalue weighted by Crippen LogP contribution is 2.13. The third kappa shape index (κ3) is 27.7. The molecule has 1 unspecified atom stereocenters. The van der Waals surface area contributed by atoms with Crippen molar-refractivity contribution in [2.24, 2.45) is 50.5 Å². The molecule has 0 aliphatic carbocycles. The molecule has 1 aromatic rings. The van der Waals surface area contributed by atoms with Gasteiger partial charge in [-0.2, -0.15) is 11.8 Å². The molecule has 1 rings (SSSR count). The third-order valence-electron chi connectivity index (χ3n) is 11.7. The largest absolute Gasteiger partial charge is 0.480 e. The number of aliphatic imine (C=N–C) groups is 2. The number of aliphatic carboxylic acids is 1. The Morgan fingerprint density at radius 2 is 1.05 bits per heavy atom. The molecular weight excluding hydrogens is 1010 g/mol. The number of H-pyrrole nitrogens is 1. The number of nitrogens with one attached hydrogen (secondary N) is 9. The molecule has 0 saturated carbocycles. The van der Waals surface area contributed by atoms with Gasteiger partial charge in [0, 0.05) is 38.3 Å². The Morgan fingerprint density at radius 3 is 1.51 bits per heavy atom. The van der Waals surface area contributed by atoms with Gasteiger partial charge < -0.3 is 81.3 Å². The van der Waals surface area contributed by atoms with E-state index in [1.807, 2.05) is 27.0 Å². The van der Waals surface area contributed by atoms with Gasteiger partial charge in [0.25, 0.3) is 0 Å². The van der Waals surface area contributed by atoms with Gasteiger partial charge in [-0.15, -0.1) is 0 Å². The number of carboxylic acids is 1. The minimum absolute atomic E-state index is 0.00118. The predicted molar refractivity (Wildman–Crippen MR) is 291 cm³/mol. The first-order valence-electron chi connectivity index (χ1n) is 25.8. The summed E-state index contributed by atoms with van der Waals surface area (Å²) in [5.41, 5.74) is 27.9. The van der Waals surface area contributed by atoms with Crippen molar-refractivity contribution in [3.05, 3.63) is 18.2 Å². The lowest BCUT2D eigenvalue weighted by Gasteiger charge is -2.29. The van der Waals surface area contributed by atoms with Crippen LogP contribution in [0.25, 0.3) is 0 Å². The molecule has 0 spiro atoms. The topological polar surface area (TPSA) is 454 Å². The molecule has 0 fully saturated rings. The molecule has 8 atom stereocenters. The zero-order valence-corrected chi connectivity index (χ0v) is 46.0. The highest BCUT2D eigenvalue weighted by atomic mass is 32.2. The van der Waals surface area contributed by atoms with E-state index in [1.165, 1.54) is 31.2 Å². The second kappa shape index (κ2) is 37.1. The molecule has 0 aliphatic heterocycles. The molecule has 8 amide bonds. The number of thioether (sulfide) groups is 1. The Bertz CT molecular complexity index is 2050. The van der Waals surface area contributed by atoms with Gasteiger partial charge in [-0.3, -0.25) is 48.3 Å². The zero-order valence-electron chi connectivity index (χ0n) is 45.2. The number of unbranched alkanes of at least 4 members (excludes halogenated alkanes) is 2. The summed E-state index contributed by atoms with van der Waals surface area (Å²) >= 11 is 1.43. The van der Waals surface area contributed by atoms with Gasteiger partial charge in [0.05, 0.1) is 6.33 Å². The molecule has 1 aromatic heterocycles. The van der Waals surface area contributed by atoms with Crippen LogP contribution in [0.15, 0.2) is 22.5 Å². The number of hydrogen-bond acceptors (Lipinski definition) is 14. The Labute approximate surface area is 450 Å². The van der Waals surface area contributed by atoms with Crippen molar-refractivity contribution < 1.29 is 48.3 Å². The number of amides is 8. The highest BCUT2D eigenvalue weighted by molar-refractivity contribution is 7.98. The van der Waals surface area contributed by atoms with E-state index in [9.17, 15) is 48.3 Å².